The highest BCUT2D eigenvalue weighted by atomic mass is 79.9. The van der Waals surface area contributed by atoms with Crippen LogP contribution < -0.4 is 10.2 Å². The Morgan fingerprint density at radius 1 is 1.29 bits per heavy atom. The third kappa shape index (κ3) is 4.97. The van der Waals surface area contributed by atoms with Gasteiger partial charge in [0.25, 0.3) is 0 Å². The smallest absolute Gasteiger partial charge is 0.0641 e. The van der Waals surface area contributed by atoms with Crippen molar-refractivity contribution in [2.24, 2.45) is 5.92 Å². The van der Waals surface area contributed by atoms with Crippen molar-refractivity contribution in [3.8, 4) is 0 Å². The summed E-state index contributed by atoms with van der Waals surface area (Å²) in [5, 5.41) is 3.56. The highest BCUT2D eigenvalue weighted by Crippen LogP contribution is 2.29. The van der Waals surface area contributed by atoms with Crippen LogP contribution in [0.3, 0.4) is 0 Å². The summed E-state index contributed by atoms with van der Waals surface area (Å²) in [6, 6.07) is 7.39. The molecule has 2 aliphatic carbocycles. The second-order valence-electron chi connectivity index (χ2n) is 6.37. The third-order valence-corrected chi connectivity index (χ3v) is 5.00. The molecule has 3 rings (SSSR count). The molecule has 0 aromatic heterocycles. The van der Waals surface area contributed by atoms with Crippen molar-refractivity contribution in [2.45, 2.75) is 38.3 Å². The molecule has 1 N–H and O–H groups in total. The van der Waals surface area contributed by atoms with Crippen LogP contribution in [0.5, 0.6) is 0 Å². The van der Waals surface area contributed by atoms with E-state index in [4.69, 9.17) is 4.74 Å². The van der Waals surface area contributed by atoms with Crippen LogP contribution in [0.15, 0.2) is 22.7 Å². The largest absolute Gasteiger partial charge is 0.379 e. The van der Waals surface area contributed by atoms with E-state index in [1.165, 1.54) is 41.4 Å². The lowest BCUT2D eigenvalue weighted by Gasteiger charge is -2.20. The standard InChI is InChI=1S/C17H25BrN2O/c1-20(8-9-21-12-13-2-3-13)16-7-4-14(17(18)10-16)11-19-15-5-6-15/h4,7,10,13,15,19H,2-3,5-6,8-9,11-12H2,1H3. The predicted octanol–water partition coefficient (Wildman–Crippen LogP) is 3.56. The fourth-order valence-corrected chi connectivity index (χ4v) is 2.83. The van der Waals surface area contributed by atoms with Gasteiger partial charge < -0.3 is 15.0 Å². The number of nitrogens with one attached hydrogen (secondary N) is 1. The molecule has 0 atom stereocenters. The number of benzene rings is 1. The lowest BCUT2D eigenvalue weighted by Crippen LogP contribution is -2.23. The summed E-state index contributed by atoms with van der Waals surface area (Å²) in [6.45, 7) is 3.66. The van der Waals surface area contributed by atoms with E-state index in [0.717, 1.165) is 38.3 Å². The minimum Gasteiger partial charge on any atom is -0.379 e. The molecule has 21 heavy (non-hydrogen) atoms. The quantitative estimate of drug-likeness (QED) is 0.687. The number of halogens is 1. The van der Waals surface area contributed by atoms with Crippen LogP contribution in [0.25, 0.3) is 0 Å². The maximum absolute atomic E-state index is 5.71. The molecule has 3 nitrogen and oxygen atoms in total. The van der Waals surface area contributed by atoms with Gasteiger partial charge in [-0.25, -0.2) is 0 Å². The first-order chi connectivity index (χ1) is 10.2. The van der Waals surface area contributed by atoms with Crippen molar-refractivity contribution >= 4 is 21.6 Å². The van der Waals surface area contributed by atoms with E-state index >= 15 is 0 Å². The molecule has 1 aromatic rings. The van der Waals surface area contributed by atoms with Crippen molar-refractivity contribution in [3.05, 3.63) is 28.2 Å². The monoisotopic (exact) mass is 352 g/mol. The molecule has 0 saturated heterocycles. The molecule has 0 amide bonds. The molecule has 0 bridgehead atoms. The van der Waals surface area contributed by atoms with E-state index in [0.29, 0.717) is 0 Å². The molecule has 116 valence electrons. The Morgan fingerprint density at radius 2 is 2.10 bits per heavy atom. The minimum atomic E-state index is 0.753. The molecule has 0 radical (unpaired) electrons. The van der Waals surface area contributed by atoms with Gasteiger partial charge in [-0.1, -0.05) is 22.0 Å². The summed E-state index contributed by atoms with van der Waals surface area (Å²) >= 11 is 3.70. The Hall–Kier alpha value is -0.580. The van der Waals surface area contributed by atoms with Gasteiger partial charge in [-0.05, 0) is 49.3 Å². The van der Waals surface area contributed by atoms with E-state index in [1.54, 1.807) is 0 Å². The number of rotatable bonds is 9. The first kappa shape index (κ1) is 15.3. The summed E-state index contributed by atoms with van der Waals surface area (Å²) in [5.41, 5.74) is 2.58. The summed E-state index contributed by atoms with van der Waals surface area (Å²) in [6.07, 6.45) is 5.39. The van der Waals surface area contributed by atoms with Crippen LogP contribution in [-0.4, -0.2) is 32.8 Å². The van der Waals surface area contributed by atoms with Crippen molar-refractivity contribution < 1.29 is 4.74 Å². The zero-order valence-electron chi connectivity index (χ0n) is 12.8. The Kier molecular flexibility index (Phi) is 5.19. The molecule has 4 heteroatoms. The second-order valence-corrected chi connectivity index (χ2v) is 7.23. The van der Waals surface area contributed by atoms with E-state index in [9.17, 15) is 0 Å². The normalized spacial score (nSPS) is 18.0. The van der Waals surface area contributed by atoms with Crippen LogP contribution in [-0.2, 0) is 11.3 Å². The van der Waals surface area contributed by atoms with Gasteiger partial charge in [-0.3, -0.25) is 0 Å². The summed E-state index contributed by atoms with van der Waals surface area (Å²) < 4.78 is 6.91. The maximum atomic E-state index is 5.71. The molecular formula is C17H25BrN2O. The number of ether oxygens (including phenoxy) is 1. The van der Waals surface area contributed by atoms with Gasteiger partial charge in [-0.15, -0.1) is 0 Å². The Bertz CT molecular complexity index is 472. The van der Waals surface area contributed by atoms with E-state index < -0.39 is 0 Å². The van der Waals surface area contributed by atoms with Crippen molar-refractivity contribution in [1.82, 2.24) is 5.32 Å². The maximum Gasteiger partial charge on any atom is 0.0641 e. The first-order valence-corrected chi connectivity index (χ1v) is 8.82. The molecule has 2 saturated carbocycles. The highest BCUT2D eigenvalue weighted by Gasteiger charge is 2.21. The van der Waals surface area contributed by atoms with Crippen LogP contribution >= 0.6 is 15.9 Å². The molecule has 2 aliphatic rings. The topological polar surface area (TPSA) is 24.5 Å². The molecule has 1 aromatic carbocycles. The van der Waals surface area contributed by atoms with Gasteiger partial charge in [0.15, 0.2) is 0 Å². The average Bonchev–Trinajstić information content (AvgIpc) is 3.36. The summed E-state index contributed by atoms with van der Waals surface area (Å²) in [7, 11) is 2.13. The van der Waals surface area contributed by atoms with Gasteiger partial charge >= 0.3 is 0 Å². The SMILES string of the molecule is CN(CCOCC1CC1)c1ccc(CNC2CC2)c(Br)c1. The Balaban J connectivity index is 1.45. The van der Waals surface area contributed by atoms with Crippen LogP contribution in [0.1, 0.15) is 31.2 Å². The number of nitrogens with zero attached hydrogens (tertiary/aromatic N) is 1. The summed E-state index contributed by atoms with van der Waals surface area (Å²) in [4.78, 5) is 2.26. The lowest BCUT2D eigenvalue weighted by molar-refractivity contribution is 0.131. The number of hydrogen-bond acceptors (Lipinski definition) is 3. The lowest BCUT2D eigenvalue weighted by atomic mass is 10.2. The Morgan fingerprint density at radius 3 is 2.76 bits per heavy atom. The summed E-state index contributed by atoms with van der Waals surface area (Å²) in [5.74, 6) is 0.850. The predicted molar refractivity (Wildman–Crippen MR) is 90.8 cm³/mol. The van der Waals surface area contributed by atoms with Crippen molar-refractivity contribution in [3.63, 3.8) is 0 Å². The average molecular weight is 353 g/mol. The van der Waals surface area contributed by atoms with Gasteiger partial charge in [-0.2, -0.15) is 0 Å². The van der Waals surface area contributed by atoms with E-state index in [-0.39, 0.29) is 0 Å². The molecule has 0 heterocycles. The fourth-order valence-electron chi connectivity index (χ4n) is 2.32. The number of anilines is 1. The third-order valence-electron chi connectivity index (χ3n) is 4.26. The molecule has 0 aliphatic heterocycles. The number of hydrogen-bond donors (Lipinski definition) is 1. The first-order valence-electron chi connectivity index (χ1n) is 8.03. The fraction of sp³-hybridized carbons (Fsp3) is 0.647. The minimum absolute atomic E-state index is 0.753. The van der Waals surface area contributed by atoms with Crippen molar-refractivity contribution in [1.29, 1.82) is 0 Å². The van der Waals surface area contributed by atoms with Crippen LogP contribution in [0.2, 0.25) is 0 Å². The van der Waals surface area contributed by atoms with E-state index in [2.05, 4.69) is 51.4 Å². The van der Waals surface area contributed by atoms with Gasteiger partial charge in [0.1, 0.15) is 0 Å². The zero-order valence-corrected chi connectivity index (χ0v) is 14.4. The van der Waals surface area contributed by atoms with Gasteiger partial charge in [0, 0.05) is 42.9 Å². The van der Waals surface area contributed by atoms with Gasteiger partial charge in [0.2, 0.25) is 0 Å². The molecular weight excluding hydrogens is 328 g/mol. The van der Waals surface area contributed by atoms with Crippen LogP contribution in [0, 0.1) is 5.92 Å². The second kappa shape index (κ2) is 7.12. The Labute approximate surface area is 136 Å². The number of likely N-dealkylation sites (N-methyl/N-ethyl adjacent to an activating group) is 1. The van der Waals surface area contributed by atoms with Crippen LogP contribution in [0.4, 0.5) is 5.69 Å². The molecule has 0 spiro atoms. The molecule has 2 fully saturated rings. The van der Waals surface area contributed by atoms with Gasteiger partial charge in [0.05, 0.1) is 6.61 Å². The van der Waals surface area contributed by atoms with Crippen molar-refractivity contribution in [2.75, 3.05) is 31.7 Å². The van der Waals surface area contributed by atoms with E-state index in [1.807, 2.05) is 0 Å². The highest BCUT2D eigenvalue weighted by molar-refractivity contribution is 9.10. The molecule has 0 unspecified atom stereocenters. The zero-order chi connectivity index (χ0) is 14.7.